The van der Waals surface area contributed by atoms with E-state index in [2.05, 4.69) is 0 Å². The average molecular weight is 139 g/mol. The molecule has 0 radical (unpaired) electrons. The zero-order chi connectivity index (χ0) is 0. The van der Waals surface area contributed by atoms with E-state index in [9.17, 15) is 0 Å². The van der Waals surface area contributed by atoms with Crippen LogP contribution in [0.4, 0.5) is 0 Å². The third kappa shape index (κ3) is 8.86. The number of rotatable bonds is 0. The van der Waals surface area contributed by atoms with E-state index in [-0.39, 0.29) is 91.1 Å². The van der Waals surface area contributed by atoms with Gasteiger partial charge in [0, 0.05) is 0 Å². The van der Waals surface area contributed by atoms with Crippen molar-refractivity contribution < 1.29 is 63.8 Å². The maximum absolute atomic E-state index is 0. The standard InChI is InChI=1S/Al.ClH.K.H3P.3H/h;1H;;1H3;;;/q;;+1;;;;/p-1. The van der Waals surface area contributed by atoms with Gasteiger partial charge in [-0.2, -0.15) is 9.90 Å². The molecule has 0 aliphatic heterocycles. The topological polar surface area (TPSA) is 0 Å². The minimum atomic E-state index is 0. The van der Waals surface area contributed by atoms with Gasteiger partial charge in [0.25, 0.3) is 0 Å². The monoisotopic (exact) mass is 138 g/mol. The fourth-order valence-corrected chi connectivity index (χ4v) is 0. The van der Waals surface area contributed by atoms with Crippen LogP contribution in [0.5, 0.6) is 0 Å². The molecular formula is H6AlClKP. The first-order valence-electron chi connectivity index (χ1n) is 0. The van der Waals surface area contributed by atoms with Gasteiger partial charge < -0.3 is 12.4 Å². The second-order valence-electron chi connectivity index (χ2n) is 0. The summed E-state index contributed by atoms with van der Waals surface area (Å²) in [5.41, 5.74) is 0. The van der Waals surface area contributed by atoms with Gasteiger partial charge >= 0.3 is 51.4 Å². The molecule has 4 heavy (non-hydrogen) atoms. The van der Waals surface area contributed by atoms with Gasteiger partial charge in [0.2, 0.25) is 0 Å². The number of halogens is 1. The van der Waals surface area contributed by atoms with Crippen molar-refractivity contribution in [3.05, 3.63) is 0 Å². The van der Waals surface area contributed by atoms with Gasteiger partial charge in [-0.15, -0.1) is 0 Å². The Morgan fingerprint density at radius 1 is 1.00 bits per heavy atom. The van der Waals surface area contributed by atoms with E-state index in [1.54, 1.807) is 0 Å². The third-order valence-corrected chi connectivity index (χ3v) is 0. The molecule has 0 nitrogen and oxygen atoms in total. The van der Waals surface area contributed by atoms with Crippen molar-refractivity contribution in [1.82, 2.24) is 0 Å². The van der Waals surface area contributed by atoms with Crippen LogP contribution in [0, 0.1) is 0 Å². The molecule has 0 amide bonds. The Bertz CT molecular complexity index is 8.00. The van der Waals surface area contributed by atoms with Crippen molar-refractivity contribution in [2.24, 2.45) is 0 Å². The fourth-order valence-electron chi connectivity index (χ4n) is 0. The Hall–Kier alpha value is 2.89. The molecule has 0 fully saturated rings. The van der Waals surface area contributed by atoms with Gasteiger partial charge in [-0.25, -0.2) is 0 Å². The molecule has 0 heterocycles. The molecule has 4 heteroatoms. The summed E-state index contributed by atoms with van der Waals surface area (Å²) in [6.45, 7) is 0. The number of hydrogen-bond acceptors (Lipinski definition) is 0. The van der Waals surface area contributed by atoms with Crippen LogP contribution in [0.15, 0.2) is 0 Å². The minimum Gasteiger partial charge on any atom is -1.00 e. The van der Waals surface area contributed by atoms with Gasteiger partial charge in [-0.1, -0.05) is 0 Å². The molecule has 0 aromatic rings. The van der Waals surface area contributed by atoms with E-state index in [4.69, 9.17) is 0 Å². The van der Waals surface area contributed by atoms with Crippen LogP contribution < -0.4 is 63.8 Å². The predicted octanol–water partition coefficient (Wildman–Crippen LogP) is -7.12. The fraction of sp³-hybridized carbons (Fsp3) is 0. The summed E-state index contributed by atoms with van der Waals surface area (Å²) in [7, 11) is 0. The van der Waals surface area contributed by atoms with E-state index in [1.165, 1.54) is 0 Å². The molecule has 0 saturated carbocycles. The molecule has 0 N–H and O–H groups in total. The van der Waals surface area contributed by atoms with Crippen LogP contribution in [0.3, 0.4) is 0 Å². The molecular weight excluding hydrogens is 133 g/mol. The van der Waals surface area contributed by atoms with Crippen LogP contribution in [-0.4, -0.2) is 17.4 Å². The van der Waals surface area contributed by atoms with Crippen molar-refractivity contribution in [2.45, 2.75) is 0 Å². The average Bonchev–Trinajstić information content (AvgIpc) is 0. The summed E-state index contributed by atoms with van der Waals surface area (Å²) in [4.78, 5) is 0. The predicted molar refractivity (Wildman–Crippen MR) is 21.0 cm³/mol. The first-order chi connectivity index (χ1) is 0. The van der Waals surface area contributed by atoms with Gasteiger partial charge in [0.15, 0.2) is 17.4 Å². The van der Waals surface area contributed by atoms with Crippen molar-refractivity contribution in [3.8, 4) is 0 Å². The Morgan fingerprint density at radius 3 is 1.00 bits per heavy atom. The van der Waals surface area contributed by atoms with Crippen LogP contribution in [0.1, 0.15) is 0 Å². The normalized spacial score (nSPS) is 0. The largest absolute Gasteiger partial charge is 1.00 e. The quantitative estimate of drug-likeness (QED) is 0.231. The summed E-state index contributed by atoms with van der Waals surface area (Å²) in [5.74, 6) is 0. The van der Waals surface area contributed by atoms with Gasteiger partial charge in [0.1, 0.15) is 0 Å². The van der Waals surface area contributed by atoms with E-state index in [1.807, 2.05) is 0 Å². The number of hydrogen-bond donors (Lipinski definition) is 0. The first kappa shape index (κ1) is 28.6. The molecule has 0 spiro atoms. The van der Waals surface area contributed by atoms with Crippen molar-refractivity contribution >= 4 is 27.3 Å². The Kier molecular flexibility index (Phi) is 121. The van der Waals surface area contributed by atoms with Crippen LogP contribution in [0.25, 0.3) is 0 Å². The molecule has 0 aliphatic rings. The van der Waals surface area contributed by atoms with Crippen LogP contribution >= 0.6 is 9.90 Å². The maximum Gasteiger partial charge on any atom is 1.00 e. The molecule has 0 rings (SSSR count). The molecule has 0 aliphatic carbocycles. The smallest absolute Gasteiger partial charge is 1.00 e. The summed E-state index contributed by atoms with van der Waals surface area (Å²) >= 11 is 0. The zero-order valence-corrected chi connectivity index (χ0v) is 7.38. The second kappa shape index (κ2) is 16.9. The summed E-state index contributed by atoms with van der Waals surface area (Å²) in [6, 6.07) is 0. The first-order valence-corrected chi connectivity index (χ1v) is 0. The molecule has 0 saturated heterocycles. The zero-order valence-electron chi connectivity index (χ0n) is 2.09. The van der Waals surface area contributed by atoms with Gasteiger partial charge in [-0.05, 0) is 0 Å². The van der Waals surface area contributed by atoms with Crippen molar-refractivity contribution in [2.75, 3.05) is 0 Å². The molecule has 1 atom stereocenters. The Labute approximate surface area is 89.1 Å². The third-order valence-electron chi connectivity index (χ3n) is 0. The van der Waals surface area contributed by atoms with E-state index >= 15 is 0 Å². The minimum absolute atomic E-state index is 0. The molecule has 0 bridgehead atoms. The molecule has 0 aromatic carbocycles. The van der Waals surface area contributed by atoms with Crippen LogP contribution in [0.2, 0.25) is 0 Å². The van der Waals surface area contributed by atoms with Gasteiger partial charge in [-0.3, -0.25) is 0 Å². The van der Waals surface area contributed by atoms with E-state index < -0.39 is 0 Å². The molecule has 22 valence electrons. The summed E-state index contributed by atoms with van der Waals surface area (Å²) in [5, 5.41) is 0. The van der Waals surface area contributed by atoms with Crippen molar-refractivity contribution in [1.29, 1.82) is 0 Å². The van der Waals surface area contributed by atoms with E-state index in [0.29, 0.717) is 0 Å². The van der Waals surface area contributed by atoms with Gasteiger partial charge in [0.05, 0.1) is 0 Å². The van der Waals surface area contributed by atoms with E-state index in [0.717, 1.165) is 0 Å². The molecule has 0 aromatic heterocycles. The maximum atomic E-state index is 0. The Morgan fingerprint density at radius 2 is 1.00 bits per heavy atom. The summed E-state index contributed by atoms with van der Waals surface area (Å²) in [6.07, 6.45) is 0. The second-order valence-corrected chi connectivity index (χ2v) is 0. The SMILES string of the molecule is P.[AlH3].[Cl-].[K+]. The summed E-state index contributed by atoms with van der Waals surface area (Å²) < 4.78 is 0. The Balaban J connectivity index is 0. The van der Waals surface area contributed by atoms with Crippen LogP contribution in [-0.2, 0) is 0 Å². The van der Waals surface area contributed by atoms with Crippen molar-refractivity contribution in [3.63, 3.8) is 0 Å². The molecule has 1 unspecified atom stereocenters.